The number of nitrogens with one attached hydrogen (secondary N) is 2. The van der Waals surface area contributed by atoms with Crippen LogP contribution in [0.2, 0.25) is 0 Å². The van der Waals surface area contributed by atoms with Crippen LogP contribution in [0.15, 0.2) is 18.2 Å². The van der Waals surface area contributed by atoms with Crippen LogP contribution in [-0.4, -0.2) is 49.5 Å². The molecule has 0 atom stereocenters. The number of nitrogens with zero attached hydrogens (tertiary/aromatic N) is 2. The van der Waals surface area contributed by atoms with Crippen molar-refractivity contribution in [3.05, 3.63) is 33.9 Å². The quantitative estimate of drug-likeness (QED) is 0.433. The molecule has 0 aliphatic heterocycles. The molecule has 1 rings (SSSR count). The molecule has 0 aliphatic rings. The summed E-state index contributed by atoms with van der Waals surface area (Å²) >= 11 is 0. The summed E-state index contributed by atoms with van der Waals surface area (Å²) in [7, 11) is 3.22. The highest BCUT2D eigenvalue weighted by atomic mass is 16.6. The molecule has 0 spiro atoms. The number of anilines is 1. The minimum absolute atomic E-state index is 0.0850. The molecule has 0 radical (unpaired) electrons. The van der Waals surface area contributed by atoms with Gasteiger partial charge in [0.15, 0.2) is 0 Å². The van der Waals surface area contributed by atoms with Gasteiger partial charge in [0.1, 0.15) is 5.69 Å². The van der Waals surface area contributed by atoms with E-state index >= 15 is 0 Å². The fraction of sp³-hybridized carbons (Fsp3) is 0.500. The van der Waals surface area contributed by atoms with Crippen molar-refractivity contribution in [1.82, 2.24) is 10.2 Å². The van der Waals surface area contributed by atoms with Crippen molar-refractivity contribution in [2.24, 2.45) is 0 Å². The number of carbonyl (C=O) groups excluding carboxylic acids is 1. The van der Waals surface area contributed by atoms with Crippen molar-refractivity contribution in [1.29, 1.82) is 0 Å². The lowest BCUT2D eigenvalue weighted by atomic mass is 10.1. The predicted octanol–water partition coefficient (Wildman–Crippen LogP) is 1.71. The number of nitro groups is 1. The number of amides is 1. The second-order valence-electron chi connectivity index (χ2n) is 4.87. The third kappa shape index (κ3) is 5.03. The molecule has 0 aliphatic carbocycles. The smallest absolute Gasteiger partial charge is 0.293 e. The highest BCUT2D eigenvalue weighted by molar-refractivity contribution is 5.95. The van der Waals surface area contributed by atoms with Gasteiger partial charge in [-0.2, -0.15) is 0 Å². The summed E-state index contributed by atoms with van der Waals surface area (Å²) in [6, 6.07) is 4.48. The Morgan fingerprint density at radius 1 is 1.29 bits per heavy atom. The lowest BCUT2D eigenvalue weighted by Gasteiger charge is -2.12. The van der Waals surface area contributed by atoms with Crippen molar-refractivity contribution in [3.63, 3.8) is 0 Å². The summed E-state index contributed by atoms with van der Waals surface area (Å²) < 4.78 is 0. The summed E-state index contributed by atoms with van der Waals surface area (Å²) in [5.41, 5.74) is 0.646. The van der Waals surface area contributed by atoms with Gasteiger partial charge in [-0.3, -0.25) is 14.9 Å². The van der Waals surface area contributed by atoms with Gasteiger partial charge < -0.3 is 15.5 Å². The Morgan fingerprint density at radius 3 is 2.57 bits per heavy atom. The van der Waals surface area contributed by atoms with Crippen LogP contribution >= 0.6 is 0 Å². The second-order valence-corrected chi connectivity index (χ2v) is 4.87. The Hall–Kier alpha value is -2.15. The average Bonchev–Trinajstić information content (AvgIpc) is 2.46. The first kappa shape index (κ1) is 16.9. The Kier molecular flexibility index (Phi) is 6.61. The first-order valence-electron chi connectivity index (χ1n) is 6.92. The van der Waals surface area contributed by atoms with Crippen LogP contribution in [0.4, 0.5) is 11.4 Å². The largest absolute Gasteiger partial charge is 0.378 e. The van der Waals surface area contributed by atoms with Crippen LogP contribution in [0.3, 0.4) is 0 Å². The van der Waals surface area contributed by atoms with Crippen LogP contribution < -0.4 is 10.6 Å². The van der Waals surface area contributed by atoms with E-state index in [2.05, 4.69) is 17.6 Å². The molecule has 0 fully saturated rings. The average molecular weight is 294 g/mol. The molecule has 7 nitrogen and oxygen atoms in total. The zero-order valence-corrected chi connectivity index (χ0v) is 12.7. The maximum atomic E-state index is 11.8. The van der Waals surface area contributed by atoms with Gasteiger partial charge in [-0.25, -0.2) is 0 Å². The van der Waals surface area contributed by atoms with Crippen LogP contribution in [0, 0.1) is 10.1 Å². The molecule has 0 saturated heterocycles. The molecule has 116 valence electrons. The van der Waals surface area contributed by atoms with Gasteiger partial charge in [0.05, 0.1) is 4.92 Å². The number of benzene rings is 1. The Bertz CT molecular complexity index is 503. The third-order valence-electron chi connectivity index (χ3n) is 2.89. The highest BCUT2D eigenvalue weighted by Gasteiger charge is 2.18. The third-order valence-corrected chi connectivity index (χ3v) is 2.89. The van der Waals surface area contributed by atoms with E-state index in [1.54, 1.807) is 26.2 Å². The van der Waals surface area contributed by atoms with Crippen LogP contribution in [0.5, 0.6) is 0 Å². The van der Waals surface area contributed by atoms with Gasteiger partial charge >= 0.3 is 0 Å². The van der Waals surface area contributed by atoms with E-state index in [4.69, 9.17) is 0 Å². The van der Waals surface area contributed by atoms with E-state index in [1.807, 2.05) is 0 Å². The molecule has 1 aromatic rings. The maximum absolute atomic E-state index is 11.8. The molecule has 0 saturated carbocycles. The zero-order valence-electron chi connectivity index (χ0n) is 12.7. The lowest BCUT2D eigenvalue weighted by Crippen LogP contribution is -2.23. The summed E-state index contributed by atoms with van der Waals surface area (Å²) in [5, 5.41) is 17.4. The Balaban J connectivity index is 2.80. The van der Waals surface area contributed by atoms with E-state index in [1.165, 1.54) is 11.0 Å². The monoisotopic (exact) mass is 294 g/mol. The SMILES string of the molecule is CCCNCCNc1ccc(C(=O)N(C)C)cc1[N+](=O)[O-]. The number of hydrogen-bond acceptors (Lipinski definition) is 5. The topological polar surface area (TPSA) is 87.5 Å². The van der Waals surface area contributed by atoms with Gasteiger partial charge in [-0.05, 0) is 25.1 Å². The molecule has 1 aromatic carbocycles. The summed E-state index contributed by atoms with van der Waals surface area (Å²) in [5.74, 6) is -0.255. The van der Waals surface area contributed by atoms with E-state index in [0.29, 0.717) is 17.8 Å². The molecule has 2 N–H and O–H groups in total. The number of carbonyl (C=O) groups is 1. The molecule has 21 heavy (non-hydrogen) atoms. The van der Waals surface area contributed by atoms with Crippen LogP contribution in [0.1, 0.15) is 23.7 Å². The number of nitro benzene ring substituents is 1. The van der Waals surface area contributed by atoms with Crippen LogP contribution in [0.25, 0.3) is 0 Å². The van der Waals surface area contributed by atoms with Crippen molar-refractivity contribution in [2.75, 3.05) is 39.0 Å². The zero-order chi connectivity index (χ0) is 15.8. The fourth-order valence-electron chi connectivity index (χ4n) is 1.81. The number of hydrogen-bond donors (Lipinski definition) is 2. The van der Waals surface area contributed by atoms with Gasteiger partial charge in [0, 0.05) is 38.8 Å². The standard InChI is InChI=1S/C14H22N4O3/c1-4-7-15-8-9-16-12-6-5-11(14(19)17(2)3)10-13(12)18(20)21/h5-6,10,15-16H,4,7-9H2,1-3H3. The van der Waals surface area contributed by atoms with Gasteiger partial charge in [0.2, 0.25) is 0 Å². The second kappa shape index (κ2) is 8.21. The molecular weight excluding hydrogens is 272 g/mol. The van der Waals surface area contributed by atoms with Crippen molar-refractivity contribution in [3.8, 4) is 0 Å². The van der Waals surface area contributed by atoms with Crippen molar-refractivity contribution >= 4 is 17.3 Å². The summed E-state index contributed by atoms with van der Waals surface area (Å²) in [6.07, 6.45) is 1.04. The predicted molar refractivity (Wildman–Crippen MR) is 82.8 cm³/mol. The Morgan fingerprint density at radius 2 is 2.00 bits per heavy atom. The van der Waals surface area contributed by atoms with E-state index in [-0.39, 0.29) is 11.6 Å². The Labute approximate surface area is 124 Å². The molecular formula is C14H22N4O3. The van der Waals surface area contributed by atoms with Crippen molar-refractivity contribution < 1.29 is 9.72 Å². The molecule has 1 amide bonds. The van der Waals surface area contributed by atoms with Gasteiger partial charge in [-0.1, -0.05) is 6.92 Å². The highest BCUT2D eigenvalue weighted by Crippen LogP contribution is 2.25. The fourth-order valence-corrected chi connectivity index (χ4v) is 1.81. The molecule has 7 heteroatoms. The minimum atomic E-state index is -0.478. The lowest BCUT2D eigenvalue weighted by molar-refractivity contribution is -0.384. The van der Waals surface area contributed by atoms with Crippen LogP contribution in [-0.2, 0) is 0 Å². The van der Waals surface area contributed by atoms with Gasteiger partial charge in [0.25, 0.3) is 11.6 Å². The first-order chi connectivity index (χ1) is 9.97. The van der Waals surface area contributed by atoms with Crippen molar-refractivity contribution in [2.45, 2.75) is 13.3 Å². The van der Waals surface area contributed by atoms with E-state index in [9.17, 15) is 14.9 Å². The molecule has 0 heterocycles. The molecule has 0 aromatic heterocycles. The minimum Gasteiger partial charge on any atom is -0.378 e. The number of rotatable bonds is 8. The summed E-state index contributed by atoms with van der Waals surface area (Å²) in [6.45, 7) is 4.30. The first-order valence-corrected chi connectivity index (χ1v) is 6.92. The normalized spacial score (nSPS) is 10.2. The van der Waals surface area contributed by atoms with Gasteiger partial charge in [-0.15, -0.1) is 0 Å². The summed E-state index contributed by atoms with van der Waals surface area (Å²) in [4.78, 5) is 23.9. The molecule has 0 bridgehead atoms. The van der Waals surface area contributed by atoms with E-state index in [0.717, 1.165) is 19.5 Å². The molecule has 0 unspecified atom stereocenters. The maximum Gasteiger partial charge on any atom is 0.293 e. The van der Waals surface area contributed by atoms with E-state index < -0.39 is 4.92 Å².